The zero-order chi connectivity index (χ0) is 16.0. The van der Waals surface area contributed by atoms with Gasteiger partial charge in [0.1, 0.15) is 0 Å². The summed E-state index contributed by atoms with van der Waals surface area (Å²) < 4.78 is 41.1. The molecule has 0 amide bonds. The van der Waals surface area contributed by atoms with E-state index in [-0.39, 0.29) is 28.8 Å². The summed E-state index contributed by atoms with van der Waals surface area (Å²) in [7, 11) is 0. The fourth-order valence-corrected chi connectivity index (χ4v) is 2.00. The maximum Gasteiger partial charge on any atom is 0.446 e. The molecule has 0 aliphatic carbocycles. The van der Waals surface area contributed by atoms with E-state index in [1.54, 1.807) is 0 Å². The van der Waals surface area contributed by atoms with Crippen molar-refractivity contribution in [2.24, 2.45) is 0 Å². The van der Waals surface area contributed by atoms with Crippen molar-refractivity contribution in [1.29, 1.82) is 0 Å². The van der Waals surface area contributed by atoms with Crippen LogP contribution in [0.1, 0.15) is 23.7 Å². The molecule has 0 aliphatic heterocycles. The van der Waals surface area contributed by atoms with Gasteiger partial charge in [0.15, 0.2) is 5.78 Å². The lowest BCUT2D eigenvalue weighted by molar-refractivity contribution is -0.153. The van der Waals surface area contributed by atoms with Gasteiger partial charge >= 0.3 is 11.5 Å². The molecule has 0 heterocycles. The number of benzene rings is 1. The van der Waals surface area contributed by atoms with Gasteiger partial charge in [0, 0.05) is 10.5 Å². The number of Topliss-reactive ketones (excluding diaryl/α,β-unsaturated/α-hetero) is 2. The van der Waals surface area contributed by atoms with E-state index in [1.165, 1.54) is 25.1 Å². The summed E-state index contributed by atoms with van der Waals surface area (Å²) in [5.74, 6) is -2.90. The second-order valence-electron chi connectivity index (χ2n) is 3.82. The molecule has 4 nitrogen and oxygen atoms in total. The van der Waals surface area contributed by atoms with Crippen LogP contribution in [0.25, 0.3) is 0 Å². The maximum atomic E-state index is 12.2. The van der Waals surface area contributed by atoms with E-state index in [0.717, 1.165) is 6.07 Å². The van der Waals surface area contributed by atoms with Gasteiger partial charge in [-0.3, -0.25) is 9.59 Å². The molecule has 0 aliphatic rings. The Morgan fingerprint density at radius 2 is 1.90 bits per heavy atom. The molecular formula is C13H11F3O4S. The molecule has 1 aromatic carbocycles. The van der Waals surface area contributed by atoms with Crippen molar-refractivity contribution in [3.8, 4) is 0 Å². The third-order valence-corrected chi connectivity index (χ3v) is 2.93. The molecule has 0 N–H and O–H groups in total. The molecule has 1 rings (SSSR count). The second kappa shape index (κ2) is 7.26. The largest absolute Gasteiger partial charge is 0.460 e. The van der Waals surface area contributed by atoms with Gasteiger partial charge in [-0.05, 0) is 30.8 Å². The minimum atomic E-state index is -4.47. The number of hydrogen-bond acceptors (Lipinski definition) is 5. The highest BCUT2D eigenvalue weighted by Gasteiger charge is 2.29. The molecule has 0 radical (unpaired) electrons. The van der Waals surface area contributed by atoms with E-state index in [9.17, 15) is 27.6 Å². The standard InChI is InChI=1S/C13H11F3O4S/c1-2-20-12(19)11(18)7-10(17)8-4-3-5-9(6-8)21-13(14,15)16/h3-6H,2,7H2,1H3. The Morgan fingerprint density at radius 1 is 1.24 bits per heavy atom. The van der Waals surface area contributed by atoms with E-state index in [1.807, 2.05) is 0 Å². The van der Waals surface area contributed by atoms with E-state index in [2.05, 4.69) is 4.74 Å². The van der Waals surface area contributed by atoms with Crippen molar-refractivity contribution < 1.29 is 32.3 Å². The molecule has 0 bridgehead atoms. The quantitative estimate of drug-likeness (QED) is 0.265. The molecule has 0 aromatic heterocycles. The summed E-state index contributed by atoms with van der Waals surface area (Å²) >= 11 is -0.363. The zero-order valence-corrected chi connectivity index (χ0v) is 11.7. The first-order chi connectivity index (χ1) is 9.73. The second-order valence-corrected chi connectivity index (χ2v) is 4.96. The minimum Gasteiger partial charge on any atom is -0.460 e. The Morgan fingerprint density at radius 3 is 2.48 bits per heavy atom. The number of halogens is 3. The average Bonchev–Trinajstić information content (AvgIpc) is 2.37. The number of hydrogen-bond donors (Lipinski definition) is 0. The summed E-state index contributed by atoms with van der Waals surface area (Å²) in [6.45, 7) is 1.50. The normalized spacial score (nSPS) is 11.0. The lowest BCUT2D eigenvalue weighted by atomic mass is 10.1. The third kappa shape index (κ3) is 5.99. The summed E-state index contributed by atoms with van der Waals surface area (Å²) in [6, 6.07) is 4.78. The van der Waals surface area contributed by atoms with Crippen molar-refractivity contribution in [3.63, 3.8) is 0 Å². The topological polar surface area (TPSA) is 60.4 Å². The van der Waals surface area contributed by atoms with Crippen LogP contribution in [0, 0.1) is 0 Å². The Labute approximate surface area is 122 Å². The Hall–Kier alpha value is -1.83. The van der Waals surface area contributed by atoms with Crippen LogP contribution < -0.4 is 0 Å². The Kier molecular flexibility index (Phi) is 5.95. The molecule has 0 saturated carbocycles. The Balaban J connectivity index is 2.77. The van der Waals surface area contributed by atoms with Gasteiger partial charge in [0.2, 0.25) is 5.78 Å². The molecular weight excluding hydrogens is 309 g/mol. The third-order valence-electron chi connectivity index (χ3n) is 2.21. The molecule has 1 aromatic rings. The van der Waals surface area contributed by atoms with Gasteiger partial charge in [-0.25, -0.2) is 4.79 Å². The fourth-order valence-electron chi connectivity index (χ4n) is 1.40. The number of ether oxygens (including phenoxy) is 1. The molecule has 114 valence electrons. The summed E-state index contributed by atoms with van der Waals surface area (Å²) in [4.78, 5) is 34.0. The first-order valence-corrected chi connectivity index (χ1v) is 6.63. The van der Waals surface area contributed by atoms with Crippen molar-refractivity contribution in [3.05, 3.63) is 29.8 Å². The highest BCUT2D eigenvalue weighted by atomic mass is 32.2. The molecule has 21 heavy (non-hydrogen) atoms. The monoisotopic (exact) mass is 320 g/mol. The van der Waals surface area contributed by atoms with Crippen LogP contribution in [0.2, 0.25) is 0 Å². The fraction of sp³-hybridized carbons (Fsp3) is 0.308. The lowest BCUT2D eigenvalue weighted by Crippen LogP contribution is -2.20. The van der Waals surface area contributed by atoms with Crippen molar-refractivity contribution in [2.75, 3.05) is 6.61 Å². The van der Waals surface area contributed by atoms with Crippen LogP contribution in [0.5, 0.6) is 0 Å². The SMILES string of the molecule is CCOC(=O)C(=O)CC(=O)c1cccc(SC(F)(F)F)c1. The molecule has 0 unspecified atom stereocenters. The predicted octanol–water partition coefficient (Wildman–Crippen LogP) is 3.00. The summed E-state index contributed by atoms with van der Waals surface area (Å²) in [6.07, 6.45) is -0.737. The number of thioether (sulfide) groups is 1. The minimum absolute atomic E-state index is 0.00350. The van der Waals surface area contributed by atoms with Gasteiger partial charge in [0.05, 0.1) is 13.0 Å². The van der Waals surface area contributed by atoms with E-state index >= 15 is 0 Å². The lowest BCUT2D eigenvalue weighted by Gasteiger charge is -2.07. The summed E-state index contributed by atoms with van der Waals surface area (Å²) in [5.41, 5.74) is -4.54. The van der Waals surface area contributed by atoms with Crippen LogP contribution in [-0.4, -0.2) is 29.7 Å². The van der Waals surface area contributed by atoms with Gasteiger partial charge in [-0.2, -0.15) is 13.2 Å². The van der Waals surface area contributed by atoms with Crippen molar-refractivity contribution in [2.45, 2.75) is 23.7 Å². The van der Waals surface area contributed by atoms with Crippen molar-refractivity contribution >= 4 is 29.3 Å². The number of esters is 1. The van der Waals surface area contributed by atoms with Gasteiger partial charge in [-0.15, -0.1) is 0 Å². The number of carbonyl (C=O) groups excluding carboxylic acids is 3. The first kappa shape index (κ1) is 17.2. The molecule has 0 atom stereocenters. The van der Waals surface area contributed by atoms with Gasteiger partial charge in [-0.1, -0.05) is 12.1 Å². The molecule has 8 heteroatoms. The number of ketones is 2. The number of carbonyl (C=O) groups is 3. The average molecular weight is 320 g/mol. The summed E-state index contributed by atoms with van der Waals surface area (Å²) in [5, 5.41) is 0. The van der Waals surface area contributed by atoms with Crippen LogP contribution in [-0.2, 0) is 14.3 Å². The Bertz CT molecular complexity index is 555. The smallest absolute Gasteiger partial charge is 0.446 e. The van der Waals surface area contributed by atoms with E-state index in [4.69, 9.17) is 0 Å². The van der Waals surface area contributed by atoms with E-state index in [0.29, 0.717) is 0 Å². The maximum absolute atomic E-state index is 12.2. The van der Waals surface area contributed by atoms with Gasteiger partial charge < -0.3 is 4.74 Å². The predicted molar refractivity (Wildman–Crippen MR) is 68.9 cm³/mol. The van der Waals surface area contributed by atoms with Crippen LogP contribution in [0.15, 0.2) is 29.2 Å². The zero-order valence-electron chi connectivity index (χ0n) is 10.9. The van der Waals surface area contributed by atoms with E-state index < -0.39 is 29.5 Å². The van der Waals surface area contributed by atoms with Gasteiger partial charge in [0.25, 0.3) is 0 Å². The van der Waals surface area contributed by atoms with Crippen LogP contribution in [0.3, 0.4) is 0 Å². The van der Waals surface area contributed by atoms with Crippen LogP contribution in [0.4, 0.5) is 13.2 Å². The first-order valence-electron chi connectivity index (χ1n) is 5.82. The number of rotatable bonds is 6. The molecule has 0 saturated heterocycles. The highest BCUT2D eigenvalue weighted by Crippen LogP contribution is 2.37. The number of alkyl halides is 3. The highest BCUT2D eigenvalue weighted by molar-refractivity contribution is 8.00. The van der Waals surface area contributed by atoms with Crippen LogP contribution >= 0.6 is 11.8 Å². The molecule has 0 fully saturated rings. The van der Waals surface area contributed by atoms with Crippen molar-refractivity contribution in [1.82, 2.24) is 0 Å². The molecule has 0 spiro atoms.